The summed E-state index contributed by atoms with van der Waals surface area (Å²) < 4.78 is 41.8. The summed E-state index contributed by atoms with van der Waals surface area (Å²) in [6.07, 6.45) is -4.51. The second-order valence-electron chi connectivity index (χ2n) is 8.82. The highest BCUT2D eigenvalue weighted by Crippen LogP contribution is 2.51. The van der Waals surface area contributed by atoms with E-state index < -0.39 is 28.7 Å². The maximum atomic E-state index is 13.9. The fourth-order valence-corrected chi connectivity index (χ4v) is 5.16. The molecule has 2 aromatic carbocycles. The minimum atomic E-state index is -5.20. The van der Waals surface area contributed by atoms with Crippen LogP contribution >= 0.6 is 0 Å². The Morgan fingerprint density at radius 3 is 2.24 bits per heavy atom. The summed E-state index contributed by atoms with van der Waals surface area (Å²) in [5, 5.41) is 23.8. The minimum Gasteiger partial charge on any atom is -0.508 e. The van der Waals surface area contributed by atoms with E-state index in [9.17, 15) is 33.0 Å². The highest BCUT2D eigenvalue weighted by molar-refractivity contribution is 5.87. The van der Waals surface area contributed by atoms with Crippen LogP contribution in [0, 0.1) is 5.41 Å². The lowest BCUT2D eigenvalue weighted by molar-refractivity contribution is -0.262. The number of piperidine rings is 2. The molecule has 33 heavy (non-hydrogen) atoms. The normalized spacial score (nSPS) is 22.5. The van der Waals surface area contributed by atoms with E-state index in [1.807, 2.05) is 0 Å². The Kier molecular flexibility index (Phi) is 5.86. The molecule has 2 fully saturated rings. The number of carbonyl (C=O) groups is 2. The van der Waals surface area contributed by atoms with Gasteiger partial charge in [0.05, 0.1) is 0 Å². The van der Waals surface area contributed by atoms with Crippen molar-refractivity contribution in [3.8, 4) is 5.75 Å². The van der Waals surface area contributed by atoms with Crippen molar-refractivity contribution in [3.63, 3.8) is 0 Å². The molecule has 0 bridgehead atoms. The first-order valence-corrected chi connectivity index (χ1v) is 10.8. The van der Waals surface area contributed by atoms with Crippen molar-refractivity contribution in [2.75, 3.05) is 19.6 Å². The first-order chi connectivity index (χ1) is 15.6. The van der Waals surface area contributed by atoms with Gasteiger partial charge >= 0.3 is 6.18 Å². The standard InChI is InChI=1S/C24H25F3N2O4/c25-24(26,27)23(33,16-6-2-1-3-7-16)21(32)29-12-10-22(11-13-29)14-20(31)28-15-18(22)17-8-4-5-9-19(17)30/h1-9,18,30,33H,10-15H2,(H,28,31)/t18-,23-/m1/s1. The number of alkyl halides is 3. The number of phenolic OH excluding ortho intramolecular Hbond substituents is 1. The predicted molar refractivity (Wildman–Crippen MR) is 113 cm³/mol. The van der Waals surface area contributed by atoms with Crippen LogP contribution in [0.2, 0.25) is 0 Å². The van der Waals surface area contributed by atoms with Crippen molar-refractivity contribution in [2.24, 2.45) is 5.41 Å². The second kappa shape index (κ2) is 8.37. The Labute approximate surface area is 189 Å². The molecule has 2 heterocycles. The molecule has 0 saturated carbocycles. The summed E-state index contributed by atoms with van der Waals surface area (Å²) in [5.74, 6) is -1.75. The number of aliphatic hydroxyl groups is 1. The molecule has 6 nitrogen and oxygen atoms in total. The van der Waals surface area contributed by atoms with E-state index >= 15 is 0 Å². The number of phenols is 1. The van der Waals surface area contributed by atoms with E-state index in [-0.39, 0.29) is 49.9 Å². The highest BCUT2D eigenvalue weighted by Gasteiger charge is 2.62. The Bertz CT molecular complexity index is 1040. The molecular weight excluding hydrogens is 437 g/mol. The van der Waals surface area contributed by atoms with Gasteiger partial charge in [-0.3, -0.25) is 9.59 Å². The molecule has 1 spiro atoms. The van der Waals surface area contributed by atoms with Crippen LogP contribution in [-0.2, 0) is 15.2 Å². The van der Waals surface area contributed by atoms with Gasteiger partial charge in [0.1, 0.15) is 5.75 Å². The van der Waals surface area contributed by atoms with E-state index in [0.717, 1.165) is 17.0 Å². The zero-order valence-electron chi connectivity index (χ0n) is 17.8. The van der Waals surface area contributed by atoms with Gasteiger partial charge in [-0.2, -0.15) is 13.2 Å². The van der Waals surface area contributed by atoms with Gasteiger partial charge in [-0.25, -0.2) is 0 Å². The maximum Gasteiger partial charge on any atom is 0.430 e. The van der Waals surface area contributed by atoms with Crippen LogP contribution in [0.4, 0.5) is 13.2 Å². The summed E-state index contributed by atoms with van der Waals surface area (Å²) in [6, 6.07) is 13.1. The number of aromatic hydroxyl groups is 1. The Morgan fingerprint density at radius 1 is 1.03 bits per heavy atom. The molecule has 9 heteroatoms. The van der Waals surface area contributed by atoms with Crippen molar-refractivity contribution < 1.29 is 33.0 Å². The molecule has 0 aromatic heterocycles. The van der Waals surface area contributed by atoms with E-state index in [1.54, 1.807) is 24.3 Å². The van der Waals surface area contributed by atoms with Gasteiger partial charge in [0, 0.05) is 37.5 Å². The fraction of sp³-hybridized carbons (Fsp3) is 0.417. The van der Waals surface area contributed by atoms with Crippen LogP contribution in [0.3, 0.4) is 0 Å². The lowest BCUT2D eigenvalue weighted by Crippen LogP contribution is -2.59. The summed E-state index contributed by atoms with van der Waals surface area (Å²) in [6.45, 7) is 0.212. The number of rotatable bonds is 3. The Morgan fingerprint density at radius 2 is 1.64 bits per heavy atom. The quantitative estimate of drug-likeness (QED) is 0.654. The smallest absolute Gasteiger partial charge is 0.430 e. The van der Waals surface area contributed by atoms with E-state index in [2.05, 4.69) is 5.32 Å². The van der Waals surface area contributed by atoms with Gasteiger partial charge < -0.3 is 20.4 Å². The lowest BCUT2D eigenvalue weighted by Gasteiger charge is -2.50. The zero-order chi connectivity index (χ0) is 23.9. The number of nitrogens with one attached hydrogen (secondary N) is 1. The summed E-state index contributed by atoms with van der Waals surface area (Å²) in [4.78, 5) is 26.3. The van der Waals surface area contributed by atoms with E-state index in [1.165, 1.54) is 18.2 Å². The number of hydrogen-bond donors (Lipinski definition) is 3. The first-order valence-electron chi connectivity index (χ1n) is 10.8. The Balaban J connectivity index is 1.61. The van der Waals surface area contributed by atoms with Crippen molar-refractivity contribution in [1.29, 1.82) is 0 Å². The van der Waals surface area contributed by atoms with Gasteiger partial charge in [0.25, 0.3) is 11.5 Å². The molecule has 3 N–H and O–H groups in total. The molecule has 2 aliphatic rings. The number of likely N-dealkylation sites (tertiary alicyclic amines) is 1. The van der Waals surface area contributed by atoms with Gasteiger partial charge in [-0.05, 0) is 29.9 Å². The predicted octanol–water partition coefficient (Wildman–Crippen LogP) is 3.05. The topological polar surface area (TPSA) is 89.9 Å². The maximum absolute atomic E-state index is 13.9. The molecule has 2 aromatic rings. The molecule has 4 rings (SSSR count). The van der Waals surface area contributed by atoms with E-state index in [4.69, 9.17) is 0 Å². The van der Waals surface area contributed by atoms with E-state index in [0.29, 0.717) is 12.1 Å². The highest BCUT2D eigenvalue weighted by atomic mass is 19.4. The largest absolute Gasteiger partial charge is 0.508 e. The Hall–Kier alpha value is -3.07. The molecule has 0 radical (unpaired) electrons. The number of amides is 2. The number of nitrogens with zero attached hydrogens (tertiary/aromatic N) is 1. The number of hydrogen-bond acceptors (Lipinski definition) is 4. The molecule has 2 saturated heterocycles. The number of benzene rings is 2. The summed E-state index contributed by atoms with van der Waals surface area (Å²) in [7, 11) is 0. The average Bonchev–Trinajstić information content (AvgIpc) is 2.79. The average molecular weight is 462 g/mol. The van der Waals surface area contributed by atoms with Gasteiger partial charge in [-0.15, -0.1) is 0 Å². The molecule has 2 amide bonds. The summed E-state index contributed by atoms with van der Waals surface area (Å²) in [5.41, 5.74) is -4.14. The van der Waals surface area contributed by atoms with Gasteiger partial charge in [0.2, 0.25) is 5.91 Å². The number of halogens is 3. The van der Waals surface area contributed by atoms with Crippen LogP contribution in [0.1, 0.15) is 36.3 Å². The molecule has 0 aliphatic carbocycles. The minimum absolute atomic E-state index is 0.0402. The lowest BCUT2D eigenvalue weighted by atomic mass is 9.62. The molecule has 2 atom stereocenters. The van der Waals surface area contributed by atoms with Crippen molar-refractivity contribution >= 4 is 11.8 Å². The number of para-hydroxylation sites is 1. The summed E-state index contributed by atoms with van der Waals surface area (Å²) >= 11 is 0. The molecule has 176 valence electrons. The SMILES string of the molecule is O=C1CC2(CCN(C(=O)[C@](O)(c3ccccc3)C(F)(F)F)CC2)[C@@H](c2ccccc2O)CN1. The third kappa shape index (κ3) is 3.94. The zero-order valence-corrected chi connectivity index (χ0v) is 17.8. The van der Waals surface area contributed by atoms with Crippen LogP contribution in [0.25, 0.3) is 0 Å². The monoisotopic (exact) mass is 462 g/mol. The molecule has 0 unspecified atom stereocenters. The van der Waals surface area contributed by atoms with Gasteiger partial charge in [-0.1, -0.05) is 48.5 Å². The van der Waals surface area contributed by atoms with Crippen LogP contribution in [-0.4, -0.2) is 52.7 Å². The van der Waals surface area contributed by atoms with Crippen LogP contribution in [0.15, 0.2) is 54.6 Å². The molecule has 2 aliphatic heterocycles. The molecular formula is C24H25F3N2O4. The van der Waals surface area contributed by atoms with Crippen LogP contribution in [0.5, 0.6) is 5.75 Å². The van der Waals surface area contributed by atoms with Crippen molar-refractivity contribution in [1.82, 2.24) is 10.2 Å². The first kappa shape index (κ1) is 23.1. The van der Waals surface area contributed by atoms with Crippen molar-refractivity contribution in [3.05, 3.63) is 65.7 Å². The second-order valence-corrected chi connectivity index (χ2v) is 8.82. The van der Waals surface area contributed by atoms with Crippen LogP contribution < -0.4 is 5.32 Å². The van der Waals surface area contributed by atoms with Crippen molar-refractivity contribution in [2.45, 2.75) is 37.0 Å². The van der Waals surface area contributed by atoms with Gasteiger partial charge in [0.15, 0.2) is 0 Å². The fourth-order valence-electron chi connectivity index (χ4n) is 5.16. The third-order valence-electron chi connectivity index (χ3n) is 7.03. The number of carbonyl (C=O) groups excluding carboxylic acids is 2. The third-order valence-corrected chi connectivity index (χ3v) is 7.03.